The van der Waals surface area contributed by atoms with Gasteiger partial charge in [-0.2, -0.15) is 0 Å². The molecule has 1 aliphatic rings. The molecule has 102 valence electrons. The number of anilines is 2. The van der Waals surface area contributed by atoms with Gasteiger partial charge in [-0.25, -0.2) is 0 Å². The van der Waals surface area contributed by atoms with Gasteiger partial charge in [0, 0.05) is 50.6 Å². The maximum Gasteiger partial charge on any atom is 0.228 e. The Morgan fingerprint density at radius 2 is 1.95 bits per heavy atom. The van der Waals surface area contributed by atoms with Crippen molar-refractivity contribution in [1.82, 2.24) is 0 Å². The minimum Gasteiger partial charge on any atom is -0.378 e. The summed E-state index contributed by atoms with van der Waals surface area (Å²) in [5.74, 6) is 0.0938. The molecule has 1 aromatic rings. The monoisotopic (exact) mass is 278 g/mol. The first-order valence-corrected chi connectivity index (χ1v) is 7.10. The van der Waals surface area contributed by atoms with Gasteiger partial charge in [-0.3, -0.25) is 9.59 Å². The van der Waals surface area contributed by atoms with E-state index in [1.807, 2.05) is 43.3 Å². The van der Waals surface area contributed by atoms with Gasteiger partial charge in [0.2, 0.25) is 5.91 Å². The molecule has 1 unspecified atom stereocenters. The minimum absolute atomic E-state index is 0.0719. The Morgan fingerprint density at radius 3 is 2.47 bits per heavy atom. The predicted octanol–water partition coefficient (Wildman–Crippen LogP) is 2.14. The second-order valence-electron chi connectivity index (χ2n) is 4.85. The molecule has 1 aromatic carbocycles. The second-order valence-corrected chi connectivity index (χ2v) is 6.33. The van der Waals surface area contributed by atoms with Gasteiger partial charge < -0.3 is 9.80 Å². The minimum atomic E-state index is 0.0719. The lowest BCUT2D eigenvalue weighted by Crippen LogP contribution is -2.24. The number of hydrogen-bond donors (Lipinski definition) is 0. The molecule has 1 saturated heterocycles. The molecule has 19 heavy (non-hydrogen) atoms. The van der Waals surface area contributed by atoms with Gasteiger partial charge in [-0.05, 0) is 24.3 Å². The number of hydrogen-bond acceptors (Lipinski definition) is 4. The van der Waals surface area contributed by atoms with E-state index < -0.39 is 0 Å². The van der Waals surface area contributed by atoms with E-state index in [2.05, 4.69) is 0 Å². The molecule has 1 amide bonds. The molecule has 0 N–H and O–H groups in total. The molecule has 5 heteroatoms. The first kappa shape index (κ1) is 13.9. The van der Waals surface area contributed by atoms with Crippen LogP contribution in [0.2, 0.25) is 0 Å². The molecular weight excluding hydrogens is 260 g/mol. The summed E-state index contributed by atoms with van der Waals surface area (Å²) in [5, 5.41) is 0.154. The Balaban J connectivity index is 2.09. The number of amides is 1. The quantitative estimate of drug-likeness (QED) is 0.849. The SMILES string of the molecule is CC(=O)SC1CC(=O)N(c2ccc(N(C)C)cc2)C1. The third-order valence-corrected chi connectivity index (χ3v) is 4.08. The fourth-order valence-corrected chi connectivity index (χ4v) is 3.09. The van der Waals surface area contributed by atoms with Crippen LogP contribution < -0.4 is 9.80 Å². The van der Waals surface area contributed by atoms with Crippen molar-refractivity contribution in [2.75, 3.05) is 30.4 Å². The van der Waals surface area contributed by atoms with E-state index in [0.717, 1.165) is 11.4 Å². The molecule has 4 nitrogen and oxygen atoms in total. The lowest BCUT2D eigenvalue weighted by molar-refractivity contribution is -0.117. The number of benzene rings is 1. The molecule has 0 spiro atoms. The molecule has 1 aliphatic heterocycles. The van der Waals surface area contributed by atoms with E-state index in [4.69, 9.17) is 0 Å². The summed E-state index contributed by atoms with van der Waals surface area (Å²) in [6, 6.07) is 7.89. The van der Waals surface area contributed by atoms with Crippen molar-refractivity contribution in [3.05, 3.63) is 24.3 Å². The summed E-state index contributed by atoms with van der Waals surface area (Å²) >= 11 is 1.26. The highest BCUT2D eigenvalue weighted by molar-refractivity contribution is 8.14. The molecule has 0 bridgehead atoms. The average molecular weight is 278 g/mol. The molecule has 0 radical (unpaired) electrons. The van der Waals surface area contributed by atoms with E-state index in [0.29, 0.717) is 13.0 Å². The summed E-state index contributed by atoms with van der Waals surface area (Å²) in [5.41, 5.74) is 2.01. The number of carbonyl (C=O) groups is 2. The van der Waals surface area contributed by atoms with Crippen LogP contribution in [0.5, 0.6) is 0 Å². The Hall–Kier alpha value is -1.49. The predicted molar refractivity (Wildman–Crippen MR) is 79.8 cm³/mol. The van der Waals surface area contributed by atoms with Crippen molar-refractivity contribution >= 4 is 34.2 Å². The molecule has 1 fully saturated rings. The van der Waals surface area contributed by atoms with Crippen molar-refractivity contribution in [1.29, 1.82) is 0 Å². The maximum atomic E-state index is 12.0. The molecular formula is C14H18N2O2S. The fraction of sp³-hybridized carbons (Fsp3) is 0.429. The normalized spacial score (nSPS) is 18.8. The zero-order valence-electron chi connectivity index (χ0n) is 11.4. The summed E-state index contributed by atoms with van der Waals surface area (Å²) in [6.45, 7) is 2.16. The van der Waals surface area contributed by atoms with Crippen molar-refractivity contribution < 1.29 is 9.59 Å². The molecule has 2 rings (SSSR count). The smallest absolute Gasteiger partial charge is 0.228 e. The van der Waals surface area contributed by atoms with Crippen molar-refractivity contribution in [2.45, 2.75) is 18.6 Å². The van der Waals surface area contributed by atoms with Gasteiger partial charge in [0.1, 0.15) is 0 Å². The van der Waals surface area contributed by atoms with Crippen molar-refractivity contribution in [3.8, 4) is 0 Å². The van der Waals surface area contributed by atoms with Gasteiger partial charge in [-0.15, -0.1) is 0 Å². The number of rotatable bonds is 3. The maximum absolute atomic E-state index is 12.0. The largest absolute Gasteiger partial charge is 0.378 e. The fourth-order valence-electron chi connectivity index (χ4n) is 2.17. The highest BCUT2D eigenvalue weighted by Crippen LogP contribution is 2.29. The van der Waals surface area contributed by atoms with Crippen LogP contribution in [0.15, 0.2) is 24.3 Å². The van der Waals surface area contributed by atoms with Gasteiger partial charge in [-0.1, -0.05) is 11.8 Å². The molecule has 0 aromatic heterocycles. The lowest BCUT2D eigenvalue weighted by Gasteiger charge is -2.18. The van der Waals surface area contributed by atoms with Crippen LogP contribution >= 0.6 is 11.8 Å². The van der Waals surface area contributed by atoms with Crippen LogP contribution in [0.3, 0.4) is 0 Å². The lowest BCUT2D eigenvalue weighted by atomic mass is 10.2. The Morgan fingerprint density at radius 1 is 1.32 bits per heavy atom. The van der Waals surface area contributed by atoms with Crippen LogP contribution in [0, 0.1) is 0 Å². The van der Waals surface area contributed by atoms with Gasteiger partial charge in [0.05, 0.1) is 0 Å². The van der Waals surface area contributed by atoms with Gasteiger partial charge >= 0.3 is 0 Å². The zero-order chi connectivity index (χ0) is 14.0. The number of nitrogens with zero attached hydrogens (tertiary/aromatic N) is 2. The van der Waals surface area contributed by atoms with E-state index >= 15 is 0 Å². The van der Waals surface area contributed by atoms with E-state index in [1.165, 1.54) is 11.8 Å². The van der Waals surface area contributed by atoms with Crippen LogP contribution in [0.1, 0.15) is 13.3 Å². The van der Waals surface area contributed by atoms with Gasteiger partial charge in [0.15, 0.2) is 5.12 Å². The zero-order valence-corrected chi connectivity index (χ0v) is 12.2. The highest BCUT2D eigenvalue weighted by Gasteiger charge is 2.31. The van der Waals surface area contributed by atoms with Crippen LogP contribution in [0.4, 0.5) is 11.4 Å². The number of carbonyl (C=O) groups excluding carboxylic acids is 2. The number of thioether (sulfide) groups is 1. The van der Waals surface area contributed by atoms with E-state index in [1.54, 1.807) is 11.8 Å². The Kier molecular flexibility index (Phi) is 4.14. The third-order valence-electron chi connectivity index (χ3n) is 3.10. The topological polar surface area (TPSA) is 40.6 Å². The van der Waals surface area contributed by atoms with Gasteiger partial charge in [0.25, 0.3) is 0 Å². The Bertz CT molecular complexity index is 485. The molecule has 0 aliphatic carbocycles. The van der Waals surface area contributed by atoms with Crippen LogP contribution in [-0.2, 0) is 9.59 Å². The highest BCUT2D eigenvalue weighted by atomic mass is 32.2. The van der Waals surface area contributed by atoms with E-state index in [-0.39, 0.29) is 16.3 Å². The summed E-state index contributed by atoms with van der Waals surface area (Å²) in [6.07, 6.45) is 0.444. The third kappa shape index (κ3) is 3.29. The van der Waals surface area contributed by atoms with Crippen LogP contribution in [-0.4, -0.2) is 36.9 Å². The van der Waals surface area contributed by atoms with Crippen molar-refractivity contribution in [3.63, 3.8) is 0 Å². The second kappa shape index (κ2) is 5.65. The summed E-state index contributed by atoms with van der Waals surface area (Å²) in [7, 11) is 3.96. The standard InChI is InChI=1S/C14H18N2O2S/c1-10(17)19-13-8-14(18)16(9-13)12-6-4-11(5-7-12)15(2)3/h4-7,13H,8-9H2,1-3H3. The summed E-state index contributed by atoms with van der Waals surface area (Å²) in [4.78, 5) is 26.9. The van der Waals surface area contributed by atoms with E-state index in [9.17, 15) is 9.59 Å². The Labute approximate surface area is 117 Å². The van der Waals surface area contributed by atoms with Crippen LogP contribution in [0.25, 0.3) is 0 Å². The first-order valence-electron chi connectivity index (χ1n) is 6.22. The summed E-state index contributed by atoms with van der Waals surface area (Å²) < 4.78 is 0. The molecule has 1 atom stereocenters. The molecule has 1 heterocycles. The average Bonchev–Trinajstić information content (AvgIpc) is 2.69. The molecule has 0 saturated carbocycles. The van der Waals surface area contributed by atoms with Crippen molar-refractivity contribution in [2.24, 2.45) is 0 Å². The first-order chi connectivity index (χ1) is 8.97.